The number of benzene rings is 6. The molecule has 9 rings (SSSR count). The lowest BCUT2D eigenvalue weighted by Gasteiger charge is -2.21. The Morgan fingerprint density at radius 3 is 1.09 bits per heavy atom. The normalized spacial score (nSPS) is 14.0. The number of aromatic nitrogens is 2. The van der Waals surface area contributed by atoms with Gasteiger partial charge >= 0.3 is 0 Å². The Labute approximate surface area is 246 Å². The van der Waals surface area contributed by atoms with E-state index in [4.69, 9.17) is 0 Å². The first-order valence-corrected chi connectivity index (χ1v) is 15.6. The molecule has 2 aromatic heterocycles. The van der Waals surface area contributed by atoms with Gasteiger partial charge in [-0.1, -0.05) is 72.8 Å². The lowest BCUT2D eigenvalue weighted by molar-refractivity contribution is 0.103. The topological polar surface area (TPSA) is 61.1 Å². The summed E-state index contributed by atoms with van der Waals surface area (Å²) in [5, 5.41) is 4.32. The molecule has 6 aromatic carbocycles. The van der Waals surface area contributed by atoms with Gasteiger partial charge in [0, 0.05) is 44.0 Å². The molecule has 5 nitrogen and oxygen atoms in total. The lowest BCUT2D eigenvalue weighted by atomic mass is 10.0. The lowest BCUT2D eigenvalue weighted by Crippen LogP contribution is -2.21. The number of para-hydroxylation sites is 4. The summed E-state index contributed by atoms with van der Waals surface area (Å²) in [5.41, 5.74) is 5.65. The van der Waals surface area contributed by atoms with E-state index >= 15 is 0 Å². The van der Waals surface area contributed by atoms with Gasteiger partial charge in [-0.2, -0.15) is 0 Å². The molecule has 204 valence electrons. The Balaban J connectivity index is 1.27. The third kappa shape index (κ3) is 3.21. The molecule has 0 unspecified atom stereocenters. The van der Waals surface area contributed by atoms with E-state index in [1.807, 2.05) is 84.9 Å². The maximum absolute atomic E-state index is 14.4. The number of carbonyl (C=O) groups is 1. The van der Waals surface area contributed by atoms with Gasteiger partial charge in [-0.15, -0.1) is 0 Å². The molecule has 0 fully saturated rings. The Kier molecular flexibility index (Phi) is 4.80. The number of hydrogen-bond donors (Lipinski definition) is 0. The van der Waals surface area contributed by atoms with E-state index in [-0.39, 0.29) is 26.7 Å². The molecule has 8 aromatic rings. The average molecular weight is 575 g/mol. The van der Waals surface area contributed by atoms with E-state index < -0.39 is 9.84 Å². The number of sulfone groups is 1. The van der Waals surface area contributed by atoms with Crippen LogP contribution >= 0.6 is 0 Å². The summed E-state index contributed by atoms with van der Waals surface area (Å²) >= 11 is 0. The summed E-state index contributed by atoms with van der Waals surface area (Å²) in [4.78, 5) is 13.8. The third-order valence-electron chi connectivity index (χ3n) is 8.68. The fourth-order valence-electron chi connectivity index (χ4n) is 6.79. The van der Waals surface area contributed by atoms with Crippen LogP contribution in [0.15, 0.2) is 143 Å². The van der Waals surface area contributed by atoms with Gasteiger partial charge in [-0.05, 0) is 60.7 Å². The van der Waals surface area contributed by atoms with Crippen LogP contribution in [-0.4, -0.2) is 23.3 Å². The Morgan fingerprint density at radius 2 is 0.744 bits per heavy atom. The Hall–Kier alpha value is -5.46. The van der Waals surface area contributed by atoms with E-state index in [1.54, 1.807) is 24.3 Å². The van der Waals surface area contributed by atoms with Crippen molar-refractivity contribution < 1.29 is 13.2 Å². The maximum Gasteiger partial charge on any atom is 0.208 e. The maximum atomic E-state index is 14.4. The van der Waals surface area contributed by atoms with Gasteiger partial charge in [-0.3, -0.25) is 4.79 Å². The van der Waals surface area contributed by atoms with Crippen molar-refractivity contribution in [2.45, 2.75) is 9.79 Å². The van der Waals surface area contributed by atoms with Crippen molar-refractivity contribution in [3.63, 3.8) is 0 Å². The quantitative estimate of drug-likeness (QED) is 0.209. The number of rotatable bonds is 2. The van der Waals surface area contributed by atoms with E-state index in [0.717, 1.165) is 43.6 Å². The smallest absolute Gasteiger partial charge is 0.208 e. The number of hydrogen-bond acceptors (Lipinski definition) is 3. The number of ketones is 1. The first-order valence-electron chi connectivity index (χ1n) is 14.1. The van der Waals surface area contributed by atoms with E-state index in [0.29, 0.717) is 11.4 Å². The average Bonchev–Trinajstić information content (AvgIpc) is 3.57. The van der Waals surface area contributed by atoms with Crippen LogP contribution < -0.4 is 0 Å². The fraction of sp³-hybridized carbons (Fsp3) is 0. The van der Waals surface area contributed by atoms with Crippen molar-refractivity contribution in [3.05, 3.63) is 145 Å². The number of nitrogens with zero attached hydrogens (tertiary/aromatic N) is 2. The van der Waals surface area contributed by atoms with Crippen LogP contribution in [-0.2, 0) is 9.84 Å². The predicted octanol–water partition coefficient (Wildman–Crippen LogP) is 8.26. The molecule has 1 aliphatic rings. The molecule has 3 heterocycles. The van der Waals surface area contributed by atoms with Crippen LogP contribution in [0, 0.1) is 0 Å². The molecule has 0 bridgehead atoms. The highest BCUT2D eigenvalue weighted by atomic mass is 32.2. The van der Waals surface area contributed by atoms with Gasteiger partial charge in [0.1, 0.15) is 0 Å². The predicted molar refractivity (Wildman–Crippen MR) is 170 cm³/mol. The van der Waals surface area contributed by atoms with Gasteiger partial charge in [0.2, 0.25) is 9.84 Å². The second kappa shape index (κ2) is 8.53. The molecule has 0 aliphatic carbocycles. The zero-order valence-corrected chi connectivity index (χ0v) is 23.5. The first-order chi connectivity index (χ1) is 21.0. The molecule has 0 spiro atoms. The van der Waals surface area contributed by atoms with Crippen molar-refractivity contribution in [3.8, 4) is 11.4 Å². The summed E-state index contributed by atoms with van der Waals surface area (Å²) in [6.07, 6.45) is 0. The summed E-state index contributed by atoms with van der Waals surface area (Å²) in [6.45, 7) is 0. The minimum Gasteiger partial charge on any atom is -0.309 e. The molecular formula is C37H22N2O3S. The SMILES string of the molecule is O=C1c2ccc(-n3c4ccccc4c4ccccc43)cc2S(=O)(=O)c2cc(-n3c4ccccc4c4ccccc43)ccc21. The van der Waals surface area contributed by atoms with Crippen LogP contribution in [0.1, 0.15) is 15.9 Å². The summed E-state index contributed by atoms with van der Waals surface area (Å²) in [7, 11) is -4.02. The highest BCUT2D eigenvalue weighted by Gasteiger charge is 2.36. The molecule has 0 radical (unpaired) electrons. The monoisotopic (exact) mass is 574 g/mol. The summed E-state index contributed by atoms with van der Waals surface area (Å²) < 4.78 is 32.9. The van der Waals surface area contributed by atoms with Crippen molar-refractivity contribution in [1.29, 1.82) is 0 Å². The van der Waals surface area contributed by atoms with Crippen molar-refractivity contribution in [1.82, 2.24) is 9.13 Å². The van der Waals surface area contributed by atoms with Gasteiger partial charge in [-0.25, -0.2) is 8.42 Å². The van der Waals surface area contributed by atoms with E-state index in [2.05, 4.69) is 33.4 Å². The highest BCUT2D eigenvalue weighted by Crippen LogP contribution is 2.40. The molecule has 1 aliphatic heterocycles. The van der Waals surface area contributed by atoms with Crippen LogP contribution in [0.2, 0.25) is 0 Å². The first kappa shape index (κ1) is 24.2. The Morgan fingerprint density at radius 1 is 0.419 bits per heavy atom. The van der Waals surface area contributed by atoms with E-state index in [1.165, 1.54) is 0 Å². The second-order valence-corrected chi connectivity index (χ2v) is 12.8. The van der Waals surface area contributed by atoms with Crippen molar-refractivity contribution >= 4 is 59.2 Å². The molecule has 0 atom stereocenters. The molecule has 0 saturated carbocycles. The largest absolute Gasteiger partial charge is 0.309 e. The zero-order valence-electron chi connectivity index (χ0n) is 22.7. The molecule has 0 saturated heterocycles. The number of fused-ring (bicyclic) bond motifs is 8. The van der Waals surface area contributed by atoms with Crippen LogP contribution in [0.3, 0.4) is 0 Å². The van der Waals surface area contributed by atoms with Crippen molar-refractivity contribution in [2.24, 2.45) is 0 Å². The van der Waals surface area contributed by atoms with Crippen molar-refractivity contribution in [2.75, 3.05) is 0 Å². The van der Waals surface area contributed by atoms with Gasteiger partial charge < -0.3 is 9.13 Å². The minimum absolute atomic E-state index is 0.0312. The number of carbonyl (C=O) groups excluding carboxylic acids is 1. The summed E-state index contributed by atoms with van der Waals surface area (Å²) in [6, 6.07) is 42.6. The Bertz CT molecular complexity index is 2330. The molecule has 0 N–H and O–H groups in total. The molecular weight excluding hydrogens is 552 g/mol. The fourth-order valence-corrected chi connectivity index (χ4v) is 8.47. The summed E-state index contributed by atoms with van der Waals surface area (Å²) in [5.74, 6) is -0.289. The molecule has 0 amide bonds. The van der Waals surface area contributed by atoms with Crippen LogP contribution in [0.4, 0.5) is 0 Å². The van der Waals surface area contributed by atoms with Crippen LogP contribution in [0.5, 0.6) is 0 Å². The minimum atomic E-state index is -4.02. The zero-order chi connectivity index (χ0) is 28.9. The standard InChI is InChI=1S/C37H22N2O3S/c40-37-29-19-17-23(38-31-13-5-1-9-25(31)26-10-2-6-14-32(26)38)21-35(29)43(41,42)36-22-24(18-20-30(36)37)39-33-15-7-3-11-27(33)28-12-4-8-16-34(28)39/h1-22H. The second-order valence-electron chi connectivity index (χ2n) is 10.9. The highest BCUT2D eigenvalue weighted by molar-refractivity contribution is 7.91. The van der Waals surface area contributed by atoms with Gasteiger partial charge in [0.15, 0.2) is 5.78 Å². The van der Waals surface area contributed by atoms with E-state index in [9.17, 15) is 13.2 Å². The van der Waals surface area contributed by atoms with Gasteiger partial charge in [0.05, 0.1) is 31.9 Å². The van der Waals surface area contributed by atoms with Crippen LogP contribution in [0.25, 0.3) is 55.0 Å². The molecule has 6 heteroatoms. The molecule has 43 heavy (non-hydrogen) atoms. The van der Waals surface area contributed by atoms with Gasteiger partial charge in [0.25, 0.3) is 0 Å². The third-order valence-corrected chi connectivity index (χ3v) is 10.5.